The summed E-state index contributed by atoms with van der Waals surface area (Å²) in [5, 5.41) is 4.85. The first kappa shape index (κ1) is 13.7. The molecule has 102 valence electrons. The van der Waals surface area contributed by atoms with Gasteiger partial charge < -0.3 is 5.32 Å². The summed E-state index contributed by atoms with van der Waals surface area (Å²) in [6, 6.07) is 4.79. The highest BCUT2D eigenvalue weighted by atomic mass is 79.9. The van der Waals surface area contributed by atoms with E-state index in [1.54, 1.807) is 11.3 Å². The molecule has 0 amide bonds. The van der Waals surface area contributed by atoms with E-state index < -0.39 is 0 Å². The Morgan fingerprint density at radius 1 is 1.42 bits per heavy atom. The fourth-order valence-corrected chi connectivity index (χ4v) is 5.13. The number of hydrogen-bond acceptors (Lipinski definition) is 4. The number of nitrogens with zero attached hydrogens (tertiary/aromatic N) is 1. The van der Waals surface area contributed by atoms with Gasteiger partial charge in [-0.3, -0.25) is 0 Å². The van der Waals surface area contributed by atoms with Crippen molar-refractivity contribution in [2.45, 2.75) is 38.6 Å². The molecule has 0 aliphatic heterocycles. The van der Waals surface area contributed by atoms with Crippen molar-refractivity contribution in [3.63, 3.8) is 0 Å². The van der Waals surface area contributed by atoms with Gasteiger partial charge in [-0.1, -0.05) is 6.92 Å². The van der Waals surface area contributed by atoms with E-state index >= 15 is 0 Å². The molecule has 1 unspecified atom stereocenters. The number of halogens is 1. The molecule has 2 nitrogen and oxygen atoms in total. The van der Waals surface area contributed by atoms with Crippen molar-refractivity contribution >= 4 is 38.6 Å². The minimum Gasteiger partial charge on any atom is -0.309 e. The van der Waals surface area contributed by atoms with Crippen molar-refractivity contribution in [1.82, 2.24) is 10.3 Å². The number of nitrogens with one attached hydrogen (secondary N) is 1. The normalized spacial score (nSPS) is 18.5. The van der Waals surface area contributed by atoms with E-state index in [9.17, 15) is 0 Å². The summed E-state index contributed by atoms with van der Waals surface area (Å²) in [5.74, 6) is 0. The minimum absolute atomic E-state index is 0.526. The van der Waals surface area contributed by atoms with Gasteiger partial charge in [0.15, 0.2) is 0 Å². The van der Waals surface area contributed by atoms with Crippen molar-refractivity contribution in [2.75, 3.05) is 6.54 Å². The molecule has 1 N–H and O–H groups in total. The van der Waals surface area contributed by atoms with E-state index in [2.05, 4.69) is 40.3 Å². The van der Waals surface area contributed by atoms with Gasteiger partial charge in [0.1, 0.15) is 5.01 Å². The van der Waals surface area contributed by atoms with Crippen LogP contribution in [0.3, 0.4) is 0 Å². The molecule has 0 spiro atoms. The number of fused-ring (bicyclic) bond motifs is 1. The Labute approximate surface area is 130 Å². The zero-order valence-corrected chi connectivity index (χ0v) is 14.1. The van der Waals surface area contributed by atoms with Crippen LogP contribution in [0.2, 0.25) is 0 Å². The van der Waals surface area contributed by atoms with Gasteiger partial charge >= 0.3 is 0 Å². The number of aromatic nitrogens is 1. The lowest BCUT2D eigenvalue weighted by atomic mass is 9.98. The highest BCUT2D eigenvalue weighted by Gasteiger charge is 2.24. The Balaban J connectivity index is 1.88. The molecule has 5 heteroatoms. The van der Waals surface area contributed by atoms with Crippen molar-refractivity contribution in [3.8, 4) is 9.88 Å². The Morgan fingerprint density at radius 3 is 3.05 bits per heavy atom. The van der Waals surface area contributed by atoms with E-state index in [0.29, 0.717) is 6.04 Å². The van der Waals surface area contributed by atoms with Crippen LogP contribution in [-0.4, -0.2) is 11.5 Å². The monoisotopic (exact) mass is 356 g/mol. The number of hydrogen-bond donors (Lipinski definition) is 1. The third-order valence-electron chi connectivity index (χ3n) is 3.38. The lowest BCUT2D eigenvalue weighted by Crippen LogP contribution is -2.24. The van der Waals surface area contributed by atoms with Gasteiger partial charge in [0.25, 0.3) is 0 Å². The summed E-state index contributed by atoms with van der Waals surface area (Å²) in [5.41, 5.74) is 1.32. The molecule has 0 fully saturated rings. The molecule has 0 saturated heterocycles. The van der Waals surface area contributed by atoms with Gasteiger partial charge in [-0.25, -0.2) is 4.98 Å². The van der Waals surface area contributed by atoms with Crippen LogP contribution < -0.4 is 5.32 Å². The molecular weight excluding hydrogens is 340 g/mol. The van der Waals surface area contributed by atoms with Crippen LogP contribution in [0.25, 0.3) is 9.88 Å². The molecule has 2 aromatic rings. The van der Waals surface area contributed by atoms with Crippen LogP contribution in [0.4, 0.5) is 0 Å². The lowest BCUT2D eigenvalue weighted by Gasteiger charge is -2.22. The quantitative estimate of drug-likeness (QED) is 0.832. The molecule has 2 heterocycles. The second-order valence-corrected chi connectivity index (χ2v) is 8.33. The number of thiophene rings is 1. The molecule has 0 bridgehead atoms. The topological polar surface area (TPSA) is 24.9 Å². The van der Waals surface area contributed by atoms with E-state index in [1.165, 1.54) is 43.5 Å². The standard InChI is InChI=1S/C14H17BrN2S2/c1-2-8-16-9-4-3-5-10-13(9)19-14(17-10)11-6-7-12(15)18-11/h6-7,9,16H,2-5,8H2,1H3. The van der Waals surface area contributed by atoms with Crippen LogP contribution in [0, 0.1) is 0 Å². The maximum absolute atomic E-state index is 4.86. The summed E-state index contributed by atoms with van der Waals surface area (Å²) < 4.78 is 1.18. The zero-order valence-electron chi connectivity index (χ0n) is 10.9. The predicted molar refractivity (Wildman–Crippen MR) is 87.1 cm³/mol. The zero-order chi connectivity index (χ0) is 13.2. The number of thiazole rings is 1. The molecular formula is C14H17BrN2S2. The molecule has 1 aliphatic rings. The van der Waals surface area contributed by atoms with Crippen LogP contribution >= 0.6 is 38.6 Å². The summed E-state index contributed by atoms with van der Waals surface area (Å²) in [4.78, 5) is 7.61. The minimum atomic E-state index is 0.526. The number of aryl methyl sites for hydroxylation is 1. The fraction of sp³-hybridized carbons (Fsp3) is 0.500. The van der Waals surface area contributed by atoms with E-state index in [-0.39, 0.29) is 0 Å². The summed E-state index contributed by atoms with van der Waals surface area (Å²) >= 11 is 7.17. The molecule has 1 aliphatic carbocycles. The highest BCUT2D eigenvalue weighted by Crippen LogP contribution is 2.40. The largest absolute Gasteiger partial charge is 0.309 e. The highest BCUT2D eigenvalue weighted by molar-refractivity contribution is 9.11. The molecule has 0 saturated carbocycles. The van der Waals surface area contributed by atoms with E-state index in [1.807, 2.05) is 11.3 Å². The Bertz CT molecular complexity index is 562. The van der Waals surface area contributed by atoms with Crippen molar-refractivity contribution in [1.29, 1.82) is 0 Å². The maximum Gasteiger partial charge on any atom is 0.133 e. The average Bonchev–Trinajstić information content (AvgIpc) is 3.02. The summed E-state index contributed by atoms with van der Waals surface area (Å²) in [6.07, 6.45) is 4.84. The van der Waals surface area contributed by atoms with E-state index in [0.717, 1.165) is 13.0 Å². The average molecular weight is 357 g/mol. The van der Waals surface area contributed by atoms with Gasteiger partial charge in [0, 0.05) is 10.9 Å². The van der Waals surface area contributed by atoms with E-state index in [4.69, 9.17) is 4.98 Å². The second kappa shape index (κ2) is 6.04. The summed E-state index contributed by atoms with van der Waals surface area (Å²) in [7, 11) is 0. The third kappa shape index (κ3) is 2.94. The van der Waals surface area contributed by atoms with Gasteiger partial charge in [-0.2, -0.15) is 0 Å². The van der Waals surface area contributed by atoms with Crippen molar-refractivity contribution < 1.29 is 0 Å². The molecule has 3 rings (SSSR count). The Hall–Kier alpha value is -0.230. The lowest BCUT2D eigenvalue weighted by molar-refractivity contribution is 0.465. The van der Waals surface area contributed by atoms with Crippen LogP contribution in [0.5, 0.6) is 0 Å². The first-order chi connectivity index (χ1) is 9.28. The molecule has 0 aromatic carbocycles. The Kier molecular flexibility index (Phi) is 4.37. The van der Waals surface area contributed by atoms with Gasteiger partial charge in [0.05, 0.1) is 14.4 Å². The van der Waals surface area contributed by atoms with Gasteiger partial charge in [-0.05, 0) is 60.3 Å². The van der Waals surface area contributed by atoms with Crippen molar-refractivity contribution in [2.24, 2.45) is 0 Å². The molecule has 1 atom stereocenters. The second-order valence-electron chi connectivity index (χ2n) is 4.83. The van der Waals surface area contributed by atoms with Crippen LogP contribution in [0.1, 0.15) is 42.8 Å². The Morgan fingerprint density at radius 2 is 2.32 bits per heavy atom. The fourth-order valence-electron chi connectivity index (χ4n) is 2.47. The first-order valence-corrected chi connectivity index (χ1v) is 9.19. The third-order valence-corrected chi connectivity index (χ3v) is 6.38. The van der Waals surface area contributed by atoms with Gasteiger partial charge in [0.2, 0.25) is 0 Å². The number of rotatable bonds is 4. The smallest absolute Gasteiger partial charge is 0.133 e. The first-order valence-electron chi connectivity index (χ1n) is 6.76. The van der Waals surface area contributed by atoms with Crippen molar-refractivity contribution in [3.05, 3.63) is 26.5 Å². The molecule has 2 aromatic heterocycles. The maximum atomic E-state index is 4.86. The van der Waals surface area contributed by atoms with Gasteiger partial charge in [-0.15, -0.1) is 22.7 Å². The van der Waals surface area contributed by atoms with Crippen LogP contribution in [0.15, 0.2) is 15.9 Å². The van der Waals surface area contributed by atoms with Crippen LogP contribution in [-0.2, 0) is 6.42 Å². The summed E-state index contributed by atoms with van der Waals surface area (Å²) in [6.45, 7) is 3.32. The SMILES string of the molecule is CCCNC1CCCc2nc(-c3ccc(Br)s3)sc21. The predicted octanol–water partition coefficient (Wildman–Crippen LogP) is 5.01. The molecule has 0 radical (unpaired) electrons. The molecule has 19 heavy (non-hydrogen) atoms.